The average molecular weight is 341 g/mol. The molecule has 1 saturated heterocycles. The predicted molar refractivity (Wildman–Crippen MR) is 81.5 cm³/mol. The number of piperidine rings is 1. The Morgan fingerprint density at radius 3 is 2.85 bits per heavy atom. The normalized spacial score (nSPS) is 19.8. The summed E-state index contributed by atoms with van der Waals surface area (Å²) >= 11 is 3.48. The van der Waals surface area contributed by atoms with Gasteiger partial charge in [-0.15, -0.1) is 0 Å². The maximum Gasteiger partial charge on any atom is 0.410 e. The molecule has 1 aromatic rings. The molecule has 110 valence electrons. The van der Waals surface area contributed by atoms with Crippen LogP contribution in [0.4, 0.5) is 4.79 Å². The van der Waals surface area contributed by atoms with Crippen LogP contribution in [0.5, 0.6) is 0 Å². The van der Waals surface area contributed by atoms with E-state index in [0.29, 0.717) is 0 Å². The zero-order valence-corrected chi connectivity index (χ0v) is 13.8. The summed E-state index contributed by atoms with van der Waals surface area (Å²) < 4.78 is 6.33. The van der Waals surface area contributed by atoms with Gasteiger partial charge in [0.15, 0.2) is 0 Å². The van der Waals surface area contributed by atoms with E-state index in [1.807, 2.05) is 37.8 Å². The van der Waals surface area contributed by atoms with Crippen LogP contribution in [0.25, 0.3) is 0 Å². The van der Waals surface area contributed by atoms with E-state index in [1.165, 1.54) is 0 Å². The Hall–Kier alpha value is -1.10. The molecule has 0 aliphatic carbocycles. The molecule has 0 saturated carbocycles. The molecule has 20 heavy (non-hydrogen) atoms. The molecule has 4 nitrogen and oxygen atoms in total. The summed E-state index contributed by atoms with van der Waals surface area (Å²) in [5.41, 5.74) is 0.587. The van der Waals surface area contributed by atoms with E-state index in [0.717, 1.165) is 36.0 Å². The largest absolute Gasteiger partial charge is 0.444 e. The third-order valence-electron chi connectivity index (χ3n) is 3.28. The van der Waals surface area contributed by atoms with Gasteiger partial charge in [0.1, 0.15) is 10.2 Å². The van der Waals surface area contributed by atoms with Gasteiger partial charge in [0.25, 0.3) is 0 Å². The van der Waals surface area contributed by atoms with E-state index in [2.05, 4.69) is 20.9 Å². The van der Waals surface area contributed by atoms with Gasteiger partial charge in [0, 0.05) is 18.3 Å². The van der Waals surface area contributed by atoms with E-state index < -0.39 is 5.60 Å². The summed E-state index contributed by atoms with van der Waals surface area (Å²) in [5.74, 6) is 0. The van der Waals surface area contributed by atoms with Gasteiger partial charge in [-0.2, -0.15) is 0 Å². The van der Waals surface area contributed by atoms with Crippen LogP contribution in [0.15, 0.2) is 22.9 Å². The molecule has 0 radical (unpaired) electrons. The average Bonchev–Trinajstić information content (AvgIpc) is 2.37. The highest BCUT2D eigenvalue weighted by Gasteiger charge is 2.32. The third-order valence-corrected chi connectivity index (χ3v) is 3.94. The number of pyridine rings is 1. The Balaban J connectivity index is 2.22. The van der Waals surface area contributed by atoms with Crippen LogP contribution < -0.4 is 0 Å². The molecule has 0 spiro atoms. The van der Waals surface area contributed by atoms with Crippen LogP contribution in [0.1, 0.15) is 51.6 Å². The van der Waals surface area contributed by atoms with Crippen molar-refractivity contribution in [2.75, 3.05) is 6.54 Å². The number of hydrogen-bond acceptors (Lipinski definition) is 3. The number of halogens is 1. The van der Waals surface area contributed by atoms with Gasteiger partial charge in [-0.3, -0.25) is 0 Å². The number of aromatic nitrogens is 1. The maximum atomic E-state index is 12.4. The molecular weight excluding hydrogens is 320 g/mol. The van der Waals surface area contributed by atoms with E-state index in [1.54, 1.807) is 6.20 Å². The summed E-state index contributed by atoms with van der Waals surface area (Å²) in [4.78, 5) is 18.5. The fourth-order valence-electron chi connectivity index (χ4n) is 2.44. The number of ether oxygens (including phenoxy) is 1. The molecule has 1 aliphatic rings. The number of rotatable bonds is 1. The predicted octanol–water partition coefficient (Wildman–Crippen LogP) is 4.31. The van der Waals surface area contributed by atoms with Crippen molar-refractivity contribution < 1.29 is 9.53 Å². The number of carbonyl (C=O) groups excluding carboxylic acids is 1. The lowest BCUT2D eigenvalue weighted by Gasteiger charge is -2.37. The van der Waals surface area contributed by atoms with Crippen molar-refractivity contribution in [2.24, 2.45) is 0 Å². The zero-order chi connectivity index (χ0) is 14.8. The first-order valence-electron chi connectivity index (χ1n) is 6.98. The molecule has 2 heterocycles. The summed E-state index contributed by atoms with van der Waals surface area (Å²) in [6.45, 7) is 6.42. The Labute approximate surface area is 128 Å². The molecule has 0 bridgehead atoms. The fraction of sp³-hybridized carbons (Fsp3) is 0.600. The van der Waals surface area contributed by atoms with E-state index in [9.17, 15) is 4.79 Å². The van der Waals surface area contributed by atoms with Crippen molar-refractivity contribution in [1.29, 1.82) is 0 Å². The van der Waals surface area contributed by atoms with Gasteiger partial charge in [-0.05, 0) is 62.0 Å². The monoisotopic (exact) mass is 340 g/mol. The van der Waals surface area contributed by atoms with Crippen LogP contribution >= 0.6 is 15.9 Å². The van der Waals surface area contributed by atoms with Gasteiger partial charge in [-0.25, -0.2) is 9.78 Å². The molecular formula is C15H21BrN2O2. The smallest absolute Gasteiger partial charge is 0.410 e. The molecule has 1 aromatic heterocycles. The minimum Gasteiger partial charge on any atom is -0.444 e. The minimum atomic E-state index is -0.467. The lowest BCUT2D eigenvalue weighted by Crippen LogP contribution is -2.42. The van der Waals surface area contributed by atoms with Crippen LogP contribution in [0.2, 0.25) is 0 Å². The summed E-state index contributed by atoms with van der Waals surface area (Å²) in [7, 11) is 0. The van der Waals surface area contributed by atoms with Gasteiger partial charge in [0.05, 0.1) is 6.04 Å². The lowest BCUT2D eigenvalue weighted by molar-refractivity contribution is 0.00939. The van der Waals surface area contributed by atoms with Crippen LogP contribution in [0.3, 0.4) is 0 Å². The van der Waals surface area contributed by atoms with E-state index in [4.69, 9.17) is 4.74 Å². The molecule has 2 rings (SSSR count). The molecule has 1 aliphatic heterocycles. The van der Waals surface area contributed by atoms with Gasteiger partial charge in [0.2, 0.25) is 0 Å². The Morgan fingerprint density at radius 2 is 2.20 bits per heavy atom. The maximum absolute atomic E-state index is 12.4. The van der Waals surface area contributed by atoms with Crippen LogP contribution in [-0.4, -0.2) is 28.1 Å². The first-order chi connectivity index (χ1) is 9.38. The van der Waals surface area contributed by atoms with Gasteiger partial charge >= 0.3 is 6.09 Å². The minimum absolute atomic E-state index is 0.0432. The molecule has 1 fully saturated rings. The quantitative estimate of drug-likeness (QED) is 0.715. The second kappa shape index (κ2) is 6.12. The van der Waals surface area contributed by atoms with Crippen LogP contribution in [0, 0.1) is 0 Å². The van der Waals surface area contributed by atoms with Gasteiger partial charge < -0.3 is 9.64 Å². The van der Waals surface area contributed by atoms with Gasteiger partial charge in [-0.1, -0.05) is 6.07 Å². The number of likely N-dealkylation sites (tertiary alicyclic amines) is 1. The zero-order valence-electron chi connectivity index (χ0n) is 12.2. The number of amides is 1. The topological polar surface area (TPSA) is 42.4 Å². The molecule has 5 heteroatoms. The SMILES string of the molecule is CC(C)(C)OC(=O)N1CCCC[C@@H]1c1cccnc1Br. The first kappa shape index (κ1) is 15.3. The Bertz CT molecular complexity index is 485. The van der Waals surface area contributed by atoms with Crippen molar-refractivity contribution in [3.05, 3.63) is 28.5 Å². The van der Waals surface area contributed by atoms with Crippen molar-refractivity contribution in [3.8, 4) is 0 Å². The first-order valence-corrected chi connectivity index (χ1v) is 7.78. The van der Waals surface area contributed by atoms with Crippen molar-refractivity contribution in [3.63, 3.8) is 0 Å². The highest BCUT2D eigenvalue weighted by molar-refractivity contribution is 9.10. The summed E-state index contributed by atoms with van der Waals surface area (Å²) in [5, 5.41) is 0. The molecule has 1 amide bonds. The molecule has 1 atom stereocenters. The molecule has 0 N–H and O–H groups in total. The lowest BCUT2D eigenvalue weighted by atomic mass is 9.97. The molecule has 0 aromatic carbocycles. The number of hydrogen-bond donors (Lipinski definition) is 0. The van der Waals surface area contributed by atoms with Crippen molar-refractivity contribution in [1.82, 2.24) is 9.88 Å². The highest BCUT2D eigenvalue weighted by Crippen LogP contribution is 2.34. The molecule has 0 unspecified atom stereocenters. The Morgan fingerprint density at radius 1 is 1.45 bits per heavy atom. The standard InChI is InChI=1S/C15H21BrN2O2/c1-15(2,3)20-14(19)18-10-5-4-8-12(18)11-7-6-9-17-13(11)16/h6-7,9,12H,4-5,8,10H2,1-3H3/t12-/m1/s1. The second-order valence-electron chi connectivity index (χ2n) is 6.07. The second-order valence-corrected chi connectivity index (χ2v) is 6.82. The van der Waals surface area contributed by atoms with E-state index in [-0.39, 0.29) is 12.1 Å². The highest BCUT2D eigenvalue weighted by atomic mass is 79.9. The van der Waals surface area contributed by atoms with Crippen molar-refractivity contribution in [2.45, 2.75) is 51.7 Å². The summed E-state index contributed by atoms with van der Waals surface area (Å²) in [6, 6.07) is 3.97. The Kier molecular flexibility index (Phi) is 4.68. The number of nitrogens with zero attached hydrogens (tertiary/aromatic N) is 2. The third kappa shape index (κ3) is 3.72. The van der Waals surface area contributed by atoms with Crippen molar-refractivity contribution >= 4 is 22.0 Å². The summed E-state index contributed by atoms with van der Waals surface area (Å²) in [6.07, 6.45) is 4.59. The fourth-order valence-corrected chi connectivity index (χ4v) is 2.96. The number of carbonyl (C=O) groups is 1. The van der Waals surface area contributed by atoms with Crippen LogP contribution in [-0.2, 0) is 4.74 Å². The van der Waals surface area contributed by atoms with E-state index >= 15 is 0 Å².